The van der Waals surface area contributed by atoms with Gasteiger partial charge in [0.2, 0.25) is 0 Å². The van der Waals surface area contributed by atoms with E-state index in [4.69, 9.17) is 20.5 Å². The van der Waals surface area contributed by atoms with Gasteiger partial charge in [-0.2, -0.15) is 8.42 Å². The summed E-state index contributed by atoms with van der Waals surface area (Å²) >= 11 is 6.27. The van der Waals surface area contributed by atoms with Gasteiger partial charge in [0, 0.05) is 32.7 Å². The zero-order valence-corrected chi connectivity index (χ0v) is 15.8. The van der Waals surface area contributed by atoms with Crippen LogP contribution in [0.1, 0.15) is 0 Å². The van der Waals surface area contributed by atoms with E-state index in [1.807, 2.05) is 0 Å². The predicted octanol–water partition coefficient (Wildman–Crippen LogP) is 2.39. The molecule has 1 fully saturated rings. The molecule has 1 saturated heterocycles. The standard InChI is InChI=1S/C18H21ClN2O4S/c19-18-16(24-14-13-21-11-9-20-10-12-21)7-4-8-17(18)26(22,23)25-15-5-2-1-3-6-15/h1-8,20H,9-14H2. The predicted molar refractivity (Wildman–Crippen MR) is 101 cm³/mol. The number of piperazine rings is 1. The van der Waals surface area contributed by atoms with E-state index in [0.717, 1.165) is 32.7 Å². The fourth-order valence-electron chi connectivity index (χ4n) is 2.66. The van der Waals surface area contributed by atoms with Gasteiger partial charge in [-0.15, -0.1) is 0 Å². The average molecular weight is 397 g/mol. The molecular weight excluding hydrogens is 376 g/mol. The van der Waals surface area contributed by atoms with Crippen molar-refractivity contribution in [2.24, 2.45) is 0 Å². The van der Waals surface area contributed by atoms with Gasteiger partial charge in [-0.1, -0.05) is 35.9 Å². The Labute approximate surface area is 158 Å². The van der Waals surface area contributed by atoms with Gasteiger partial charge in [0.05, 0.1) is 0 Å². The first-order chi connectivity index (χ1) is 12.6. The highest BCUT2D eigenvalue weighted by Gasteiger charge is 2.23. The molecule has 0 saturated carbocycles. The van der Waals surface area contributed by atoms with Crippen LogP contribution in [0.4, 0.5) is 0 Å². The Morgan fingerprint density at radius 2 is 1.77 bits per heavy atom. The number of halogens is 1. The number of hydrogen-bond acceptors (Lipinski definition) is 6. The molecule has 0 aliphatic carbocycles. The molecule has 0 spiro atoms. The molecule has 2 aromatic rings. The fraction of sp³-hybridized carbons (Fsp3) is 0.333. The minimum atomic E-state index is -4.04. The van der Waals surface area contributed by atoms with Crippen LogP contribution in [-0.2, 0) is 10.1 Å². The molecule has 6 nitrogen and oxygen atoms in total. The van der Waals surface area contributed by atoms with Gasteiger partial charge < -0.3 is 14.2 Å². The Morgan fingerprint density at radius 3 is 2.50 bits per heavy atom. The third kappa shape index (κ3) is 4.88. The van der Waals surface area contributed by atoms with Crippen LogP contribution in [0, 0.1) is 0 Å². The van der Waals surface area contributed by atoms with Gasteiger partial charge in [-0.05, 0) is 24.3 Å². The number of ether oxygens (including phenoxy) is 1. The lowest BCUT2D eigenvalue weighted by atomic mass is 10.3. The van der Waals surface area contributed by atoms with Gasteiger partial charge in [-0.3, -0.25) is 4.90 Å². The maximum Gasteiger partial charge on any atom is 0.340 e. The van der Waals surface area contributed by atoms with Crippen LogP contribution in [0.3, 0.4) is 0 Å². The summed E-state index contributed by atoms with van der Waals surface area (Å²) in [5.41, 5.74) is 0. The van der Waals surface area contributed by atoms with Crippen LogP contribution in [0.15, 0.2) is 53.4 Å². The van der Waals surface area contributed by atoms with E-state index in [1.54, 1.807) is 42.5 Å². The van der Waals surface area contributed by atoms with Crippen molar-refractivity contribution in [2.45, 2.75) is 4.90 Å². The van der Waals surface area contributed by atoms with E-state index in [-0.39, 0.29) is 15.7 Å². The largest absolute Gasteiger partial charge is 0.491 e. The van der Waals surface area contributed by atoms with Crippen molar-refractivity contribution in [1.29, 1.82) is 0 Å². The average Bonchev–Trinajstić information content (AvgIpc) is 2.64. The highest BCUT2D eigenvalue weighted by atomic mass is 35.5. The monoisotopic (exact) mass is 396 g/mol. The number of benzene rings is 2. The summed E-state index contributed by atoms with van der Waals surface area (Å²) in [5, 5.41) is 3.32. The molecule has 1 N–H and O–H groups in total. The van der Waals surface area contributed by atoms with Crippen LogP contribution in [0.2, 0.25) is 5.02 Å². The first-order valence-electron chi connectivity index (χ1n) is 8.40. The lowest BCUT2D eigenvalue weighted by molar-refractivity contribution is 0.191. The Morgan fingerprint density at radius 1 is 1.04 bits per heavy atom. The van der Waals surface area contributed by atoms with Crippen molar-refractivity contribution >= 4 is 21.7 Å². The van der Waals surface area contributed by atoms with Gasteiger partial charge in [0.15, 0.2) is 0 Å². The Balaban J connectivity index is 1.68. The molecule has 0 amide bonds. The number of rotatable bonds is 7. The summed E-state index contributed by atoms with van der Waals surface area (Å²) in [5.74, 6) is 0.563. The number of para-hydroxylation sites is 1. The number of hydrogen-bond donors (Lipinski definition) is 1. The van der Waals surface area contributed by atoms with Crippen LogP contribution in [-0.4, -0.2) is 52.6 Å². The first-order valence-corrected chi connectivity index (χ1v) is 10.2. The molecular formula is C18H21ClN2O4S. The zero-order valence-electron chi connectivity index (χ0n) is 14.2. The lowest BCUT2D eigenvalue weighted by Gasteiger charge is -2.27. The van der Waals surface area contributed by atoms with Crippen molar-refractivity contribution in [2.75, 3.05) is 39.3 Å². The summed E-state index contributed by atoms with van der Waals surface area (Å²) in [4.78, 5) is 2.17. The van der Waals surface area contributed by atoms with E-state index in [1.165, 1.54) is 6.07 Å². The first kappa shape index (κ1) is 19.0. The van der Waals surface area contributed by atoms with Gasteiger partial charge >= 0.3 is 10.1 Å². The second-order valence-electron chi connectivity index (χ2n) is 5.86. The van der Waals surface area contributed by atoms with Crippen molar-refractivity contribution < 1.29 is 17.3 Å². The molecule has 0 radical (unpaired) electrons. The highest BCUT2D eigenvalue weighted by molar-refractivity contribution is 7.87. The van der Waals surface area contributed by atoms with Crippen molar-refractivity contribution in [1.82, 2.24) is 10.2 Å². The molecule has 1 heterocycles. The van der Waals surface area contributed by atoms with Crippen LogP contribution in [0.5, 0.6) is 11.5 Å². The lowest BCUT2D eigenvalue weighted by Crippen LogP contribution is -2.44. The van der Waals surface area contributed by atoms with Gasteiger partial charge in [0.1, 0.15) is 28.0 Å². The molecule has 0 bridgehead atoms. The topological polar surface area (TPSA) is 67.9 Å². The van der Waals surface area contributed by atoms with Crippen LogP contribution in [0.25, 0.3) is 0 Å². The van der Waals surface area contributed by atoms with E-state index in [0.29, 0.717) is 12.4 Å². The van der Waals surface area contributed by atoms with E-state index in [9.17, 15) is 8.42 Å². The van der Waals surface area contributed by atoms with Crippen molar-refractivity contribution in [3.8, 4) is 11.5 Å². The Hall–Kier alpha value is -1.80. The maximum atomic E-state index is 12.5. The third-order valence-corrected chi connectivity index (χ3v) is 5.81. The Kier molecular flexibility index (Phi) is 6.37. The minimum Gasteiger partial charge on any atom is -0.491 e. The molecule has 8 heteroatoms. The smallest absolute Gasteiger partial charge is 0.340 e. The van der Waals surface area contributed by atoms with Crippen molar-refractivity contribution in [3.63, 3.8) is 0 Å². The van der Waals surface area contributed by atoms with Crippen molar-refractivity contribution in [3.05, 3.63) is 53.6 Å². The Bertz CT molecular complexity index is 824. The molecule has 3 rings (SSSR count). The third-order valence-electron chi connectivity index (χ3n) is 4.02. The second-order valence-corrected chi connectivity index (χ2v) is 7.75. The maximum absolute atomic E-state index is 12.5. The summed E-state index contributed by atoms with van der Waals surface area (Å²) in [6.45, 7) is 5.06. The molecule has 0 unspecified atom stereocenters. The van der Waals surface area contributed by atoms with Gasteiger partial charge in [0.25, 0.3) is 0 Å². The normalized spacial score (nSPS) is 15.6. The SMILES string of the molecule is O=S(=O)(Oc1ccccc1)c1cccc(OCCN2CCNCC2)c1Cl. The van der Waals surface area contributed by atoms with Crippen LogP contribution < -0.4 is 14.2 Å². The van der Waals surface area contributed by atoms with E-state index >= 15 is 0 Å². The summed E-state index contributed by atoms with van der Waals surface area (Å²) in [7, 11) is -4.04. The molecule has 26 heavy (non-hydrogen) atoms. The minimum absolute atomic E-state index is 0.0312. The molecule has 0 aromatic heterocycles. The fourth-order valence-corrected chi connectivity index (χ4v) is 4.15. The summed E-state index contributed by atoms with van der Waals surface area (Å²) < 4.78 is 35.9. The molecule has 140 valence electrons. The number of nitrogens with zero attached hydrogens (tertiary/aromatic N) is 1. The highest BCUT2D eigenvalue weighted by Crippen LogP contribution is 2.32. The molecule has 2 aromatic carbocycles. The molecule has 0 atom stereocenters. The zero-order chi connectivity index (χ0) is 18.4. The van der Waals surface area contributed by atoms with Gasteiger partial charge in [-0.25, -0.2) is 0 Å². The van der Waals surface area contributed by atoms with Crippen LogP contribution >= 0.6 is 11.6 Å². The molecule has 1 aliphatic heterocycles. The summed E-state index contributed by atoms with van der Waals surface area (Å²) in [6.07, 6.45) is 0. The summed E-state index contributed by atoms with van der Waals surface area (Å²) in [6, 6.07) is 13.0. The quantitative estimate of drug-likeness (QED) is 0.725. The second kappa shape index (κ2) is 8.73. The molecule has 1 aliphatic rings. The number of nitrogens with one attached hydrogen (secondary N) is 1. The van der Waals surface area contributed by atoms with E-state index in [2.05, 4.69) is 10.2 Å². The van der Waals surface area contributed by atoms with E-state index < -0.39 is 10.1 Å².